The van der Waals surface area contributed by atoms with Gasteiger partial charge in [0, 0.05) is 37.9 Å². The van der Waals surface area contributed by atoms with Crippen molar-refractivity contribution in [3.05, 3.63) is 175 Å². The molecule has 0 N–H and O–H groups in total. The molecule has 0 saturated heterocycles. The van der Waals surface area contributed by atoms with Crippen molar-refractivity contribution in [2.75, 3.05) is 0 Å². The van der Waals surface area contributed by atoms with E-state index in [1.165, 1.54) is 60.4 Å². The Balaban J connectivity index is 1.05. The Hall–Kier alpha value is -7.11. The van der Waals surface area contributed by atoms with E-state index in [4.69, 9.17) is 15.0 Å². The highest BCUT2D eigenvalue weighted by atomic mass is 15.2. The average molecular weight is 704 g/mol. The van der Waals surface area contributed by atoms with E-state index in [9.17, 15) is 0 Å². The van der Waals surface area contributed by atoms with Gasteiger partial charge >= 0.3 is 0 Å². The highest BCUT2D eigenvalue weighted by molar-refractivity contribution is 6.22. The summed E-state index contributed by atoms with van der Waals surface area (Å²) in [5, 5.41) is 7.20. The predicted molar refractivity (Wildman–Crippen MR) is 226 cm³/mol. The maximum absolute atomic E-state index is 5.22. The topological polar surface area (TPSA) is 48.0 Å². The predicted octanol–water partition coefficient (Wildman–Crippen LogP) is 12.3. The normalized spacial score (nSPS) is 13.4. The summed E-state index contributed by atoms with van der Waals surface area (Å²) in [6.07, 6.45) is 1.65. The molecule has 4 aromatic heterocycles. The second-order valence-electron chi connectivity index (χ2n) is 15.3. The molecule has 5 nitrogen and oxygen atoms in total. The highest BCUT2D eigenvalue weighted by Crippen LogP contribution is 2.49. The van der Waals surface area contributed by atoms with Gasteiger partial charge in [-0.2, -0.15) is 4.98 Å². The number of pyridine rings is 1. The van der Waals surface area contributed by atoms with Gasteiger partial charge in [0.25, 0.3) is 0 Å². The van der Waals surface area contributed by atoms with E-state index in [2.05, 4.69) is 181 Å². The Morgan fingerprint density at radius 2 is 1.09 bits per heavy atom. The van der Waals surface area contributed by atoms with Gasteiger partial charge in [-0.05, 0) is 75.2 Å². The van der Waals surface area contributed by atoms with Crippen LogP contribution in [0.1, 0.15) is 25.0 Å². The molecule has 55 heavy (non-hydrogen) atoms. The van der Waals surface area contributed by atoms with Crippen LogP contribution >= 0.6 is 0 Å². The van der Waals surface area contributed by atoms with E-state index in [0.29, 0.717) is 11.8 Å². The molecule has 0 unspecified atom stereocenters. The molecule has 0 spiro atoms. The largest absolute Gasteiger partial charge is 0.309 e. The third-order valence-electron chi connectivity index (χ3n) is 12.1. The van der Waals surface area contributed by atoms with Gasteiger partial charge in [0.2, 0.25) is 5.95 Å². The van der Waals surface area contributed by atoms with E-state index in [-0.39, 0.29) is 5.41 Å². The smallest absolute Gasteiger partial charge is 0.238 e. The molecule has 7 aromatic carbocycles. The zero-order valence-electron chi connectivity index (χ0n) is 30.3. The first-order valence-electron chi connectivity index (χ1n) is 18.9. The molecule has 0 bridgehead atoms. The first-order valence-corrected chi connectivity index (χ1v) is 18.9. The Bertz CT molecular complexity index is 3420. The Labute approximate surface area is 316 Å². The highest BCUT2D eigenvalue weighted by Gasteiger charge is 2.35. The van der Waals surface area contributed by atoms with Gasteiger partial charge in [0.1, 0.15) is 6.33 Å². The van der Waals surface area contributed by atoms with Gasteiger partial charge < -0.3 is 4.40 Å². The zero-order valence-corrected chi connectivity index (χ0v) is 30.3. The lowest BCUT2D eigenvalue weighted by Crippen LogP contribution is -2.14. The van der Waals surface area contributed by atoms with Crippen LogP contribution in [0.25, 0.3) is 99.5 Å². The average Bonchev–Trinajstić information content (AvgIpc) is 3.87. The lowest BCUT2D eigenvalue weighted by atomic mass is 9.81. The Morgan fingerprint density at radius 3 is 1.95 bits per heavy atom. The molecule has 0 atom stereocenters. The minimum Gasteiger partial charge on any atom is -0.309 e. The van der Waals surface area contributed by atoms with Gasteiger partial charge in [-0.1, -0.05) is 135 Å². The number of rotatable bonds is 3. The van der Waals surface area contributed by atoms with Crippen molar-refractivity contribution in [3.63, 3.8) is 0 Å². The van der Waals surface area contributed by atoms with Crippen molar-refractivity contribution in [2.24, 2.45) is 0 Å². The van der Waals surface area contributed by atoms with Crippen LogP contribution in [0.3, 0.4) is 0 Å². The van der Waals surface area contributed by atoms with E-state index in [1.54, 1.807) is 6.33 Å². The first kappa shape index (κ1) is 30.4. The van der Waals surface area contributed by atoms with Crippen molar-refractivity contribution >= 4 is 59.9 Å². The maximum atomic E-state index is 5.22. The monoisotopic (exact) mass is 703 g/mol. The van der Waals surface area contributed by atoms with E-state index in [0.717, 1.165) is 38.4 Å². The van der Waals surface area contributed by atoms with Gasteiger partial charge in [0.05, 0.1) is 27.6 Å². The summed E-state index contributed by atoms with van der Waals surface area (Å²) in [7, 11) is 0. The molecule has 0 amide bonds. The lowest BCUT2D eigenvalue weighted by Gasteiger charge is -2.22. The molecular weight excluding hydrogens is 671 g/mol. The van der Waals surface area contributed by atoms with Crippen LogP contribution in [0.5, 0.6) is 0 Å². The van der Waals surface area contributed by atoms with Crippen LogP contribution in [0, 0.1) is 0 Å². The van der Waals surface area contributed by atoms with Crippen molar-refractivity contribution in [2.45, 2.75) is 19.3 Å². The van der Waals surface area contributed by atoms with Crippen molar-refractivity contribution in [1.82, 2.24) is 23.9 Å². The van der Waals surface area contributed by atoms with Crippen LogP contribution < -0.4 is 0 Å². The molecule has 0 saturated carbocycles. The van der Waals surface area contributed by atoms with E-state index in [1.807, 2.05) is 0 Å². The van der Waals surface area contributed by atoms with Crippen molar-refractivity contribution in [1.29, 1.82) is 0 Å². The quantitative estimate of drug-likeness (QED) is 0.172. The summed E-state index contributed by atoms with van der Waals surface area (Å²) in [5.74, 6) is 1.23. The van der Waals surface area contributed by atoms with Gasteiger partial charge in [-0.25, -0.2) is 9.97 Å². The molecule has 258 valence electrons. The van der Waals surface area contributed by atoms with Crippen LogP contribution in [0.4, 0.5) is 0 Å². The fourth-order valence-electron chi connectivity index (χ4n) is 9.50. The molecule has 0 aliphatic heterocycles. The van der Waals surface area contributed by atoms with Crippen LogP contribution in [0.15, 0.2) is 164 Å². The Kier molecular flexibility index (Phi) is 6.05. The molecule has 5 heteroatoms. The number of para-hydroxylation sites is 2. The lowest BCUT2D eigenvalue weighted by molar-refractivity contribution is 0.660. The third kappa shape index (κ3) is 4.15. The third-order valence-corrected chi connectivity index (χ3v) is 12.1. The fourth-order valence-corrected chi connectivity index (χ4v) is 9.50. The molecular formula is C50H33N5. The van der Waals surface area contributed by atoms with Crippen molar-refractivity contribution < 1.29 is 0 Å². The molecule has 12 rings (SSSR count). The second-order valence-corrected chi connectivity index (χ2v) is 15.3. The molecule has 11 aromatic rings. The number of nitrogens with zero attached hydrogens (tertiary/aromatic N) is 5. The summed E-state index contributed by atoms with van der Waals surface area (Å²) in [5.41, 5.74) is 14.2. The Morgan fingerprint density at radius 1 is 0.436 bits per heavy atom. The van der Waals surface area contributed by atoms with Crippen LogP contribution in [0.2, 0.25) is 0 Å². The standard InChI is InChI=1S/C50H33N5/c1-50(2)41-19-8-5-15-34(41)35-23-22-31(27-42(35)50)30-12-11-13-32(26-30)48-51-29-52-49(53-48)55-44-21-10-7-18-38(44)39-24-25-45-40(47(39)55)28-46-37-17-4-3-14-33(37)36-16-6-9-20-43(36)54(45)46/h3-29H,1-2H3. The molecule has 4 heterocycles. The van der Waals surface area contributed by atoms with E-state index < -0.39 is 0 Å². The summed E-state index contributed by atoms with van der Waals surface area (Å²) in [4.78, 5) is 14.8. The van der Waals surface area contributed by atoms with Crippen LogP contribution in [-0.4, -0.2) is 23.9 Å². The van der Waals surface area contributed by atoms with E-state index >= 15 is 0 Å². The maximum Gasteiger partial charge on any atom is 0.238 e. The second kappa shape index (κ2) is 11.0. The molecule has 0 fully saturated rings. The fraction of sp³-hybridized carbons (Fsp3) is 0.0600. The summed E-state index contributed by atoms with van der Waals surface area (Å²) < 4.78 is 4.64. The van der Waals surface area contributed by atoms with Gasteiger partial charge in [0.15, 0.2) is 5.82 Å². The summed E-state index contributed by atoms with van der Waals surface area (Å²) in [6, 6.07) is 57.1. The van der Waals surface area contributed by atoms with Gasteiger partial charge in [-0.15, -0.1) is 0 Å². The number of hydrogen-bond acceptors (Lipinski definition) is 3. The number of hydrogen-bond donors (Lipinski definition) is 0. The van der Waals surface area contributed by atoms with Gasteiger partial charge in [-0.3, -0.25) is 4.57 Å². The minimum absolute atomic E-state index is 0.0668. The number of benzene rings is 7. The first-order chi connectivity index (χ1) is 27.0. The van der Waals surface area contributed by atoms with Crippen LogP contribution in [-0.2, 0) is 5.41 Å². The summed E-state index contributed by atoms with van der Waals surface area (Å²) in [6.45, 7) is 4.65. The molecule has 1 aliphatic rings. The zero-order chi connectivity index (χ0) is 36.4. The number of fused-ring (bicyclic) bond motifs is 15. The minimum atomic E-state index is -0.0668. The van der Waals surface area contributed by atoms with Crippen molar-refractivity contribution in [3.8, 4) is 39.6 Å². The molecule has 0 radical (unpaired) electrons. The SMILES string of the molecule is CC1(C)c2ccccc2-c2ccc(-c3cccc(-c4ncnc(-n5c6ccccc6c6ccc7c(cc8c9ccccc9c9ccccc9n87)c65)n4)c3)cc21. The summed E-state index contributed by atoms with van der Waals surface area (Å²) >= 11 is 0. The molecule has 1 aliphatic carbocycles. The number of aromatic nitrogens is 5.